The SMILES string of the molecule is COc1nc(-c2ccc(NCC3(c4ncccc4F)CCC3)nn2)sc1OC(=O)O. The molecule has 0 atom stereocenters. The fourth-order valence-corrected chi connectivity index (χ4v) is 4.20. The third kappa shape index (κ3) is 3.88. The average molecular weight is 431 g/mol. The van der Waals surface area contributed by atoms with Gasteiger partial charge in [0, 0.05) is 18.2 Å². The van der Waals surface area contributed by atoms with E-state index in [1.54, 1.807) is 24.4 Å². The zero-order valence-corrected chi connectivity index (χ0v) is 16.8. The molecule has 0 spiro atoms. The van der Waals surface area contributed by atoms with E-state index in [4.69, 9.17) is 9.84 Å². The molecule has 0 unspecified atom stereocenters. The number of thiazole rings is 1. The Hall–Kier alpha value is -3.34. The van der Waals surface area contributed by atoms with Crippen molar-refractivity contribution in [3.05, 3.63) is 42.0 Å². The molecule has 3 aromatic heterocycles. The van der Waals surface area contributed by atoms with Gasteiger partial charge in [0.15, 0.2) is 5.01 Å². The maximum atomic E-state index is 14.2. The van der Waals surface area contributed by atoms with Gasteiger partial charge in [0.25, 0.3) is 10.9 Å². The molecular weight excluding hydrogens is 413 g/mol. The highest BCUT2D eigenvalue weighted by atomic mass is 32.1. The first-order valence-electron chi connectivity index (χ1n) is 9.15. The van der Waals surface area contributed by atoms with Crippen molar-refractivity contribution in [3.8, 4) is 21.6 Å². The van der Waals surface area contributed by atoms with Gasteiger partial charge in [0.1, 0.15) is 17.3 Å². The van der Waals surface area contributed by atoms with Crippen LogP contribution in [-0.2, 0) is 5.41 Å². The molecule has 156 valence electrons. The number of nitrogens with one attached hydrogen (secondary N) is 1. The first-order chi connectivity index (χ1) is 14.5. The van der Waals surface area contributed by atoms with Gasteiger partial charge < -0.3 is 19.9 Å². The van der Waals surface area contributed by atoms with Crippen molar-refractivity contribution < 1.29 is 23.8 Å². The number of rotatable bonds is 7. The number of carboxylic acid groups (broad SMARTS) is 1. The number of hydrogen-bond donors (Lipinski definition) is 2. The highest BCUT2D eigenvalue weighted by molar-refractivity contribution is 7.17. The first-order valence-corrected chi connectivity index (χ1v) is 9.97. The van der Waals surface area contributed by atoms with Gasteiger partial charge in [0.05, 0.1) is 12.8 Å². The summed E-state index contributed by atoms with van der Waals surface area (Å²) in [6.07, 6.45) is 2.88. The van der Waals surface area contributed by atoms with Crippen molar-refractivity contribution in [2.24, 2.45) is 0 Å². The topological polar surface area (TPSA) is 119 Å². The van der Waals surface area contributed by atoms with Crippen molar-refractivity contribution in [2.75, 3.05) is 19.0 Å². The molecule has 1 fully saturated rings. The maximum Gasteiger partial charge on any atom is 0.512 e. The lowest BCUT2D eigenvalue weighted by Crippen LogP contribution is -2.42. The predicted octanol–water partition coefficient (Wildman–Crippen LogP) is 3.73. The summed E-state index contributed by atoms with van der Waals surface area (Å²) in [5.41, 5.74) is 0.574. The number of pyridine rings is 1. The summed E-state index contributed by atoms with van der Waals surface area (Å²) >= 11 is 0.989. The Morgan fingerprint density at radius 1 is 1.33 bits per heavy atom. The minimum Gasteiger partial charge on any atom is -0.478 e. The van der Waals surface area contributed by atoms with Crippen LogP contribution in [0.15, 0.2) is 30.5 Å². The van der Waals surface area contributed by atoms with Crippen LogP contribution in [0.2, 0.25) is 0 Å². The van der Waals surface area contributed by atoms with Gasteiger partial charge in [-0.05, 0) is 37.1 Å². The number of anilines is 1. The second-order valence-electron chi connectivity index (χ2n) is 6.81. The fourth-order valence-electron chi connectivity index (χ4n) is 3.35. The predicted molar refractivity (Wildman–Crippen MR) is 107 cm³/mol. The summed E-state index contributed by atoms with van der Waals surface area (Å²) in [6.45, 7) is 0.497. The lowest BCUT2D eigenvalue weighted by Gasteiger charge is -2.41. The van der Waals surface area contributed by atoms with E-state index >= 15 is 0 Å². The largest absolute Gasteiger partial charge is 0.512 e. The van der Waals surface area contributed by atoms with E-state index < -0.39 is 6.16 Å². The normalized spacial score (nSPS) is 14.6. The summed E-state index contributed by atoms with van der Waals surface area (Å²) in [5.74, 6) is 0.301. The molecule has 0 aromatic carbocycles. The molecule has 9 nitrogen and oxygen atoms in total. The quantitative estimate of drug-likeness (QED) is 0.539. The molecule has 3 aromatic rings. The Morgan fingerprint density at radius 2 is 2.17 bits per heavy atom. The molecule has 0 radical (unpaired) electrons. The first kappa shape index (κ1) is 20.0. The van der Waals surface area contributed by atoms with E-state index in [9.17, 15) is 9.18 Å². The monoisotopic (exact) mass is 431 g/mol. The third-order valence-electron chi connectivity index (χ3n) is 5.00. The Labute approximate surface area is 174 Å². The van der Waals surface area contributed by atoms with Crippen LogP contribution >= 0.6 is 11.3 Å². The second-order valence-corrected chi connectivity index (χ2v) is 7.77. The Kier molecular flexibility index (Phi) is 5.44. The number of carbonyl (C=O) groups is 1. The molecule has 1 aliphatic carbocycles. The number of aromatic nitrogens is 4. The van der Waals surface area contributed by atoms with E-state index in [1.165, 1.54) is 13.2 Å². The summed E-state index contributed by atoms with van der Waals surface area (Å²) in [6, 6.07) is 6.45. The van der Waals surface area contributed by atoms with E-state index in [1.807, 2.05) is 0 Å². The standard InChI is InChI=1S/C19H18FN5O4S/c1-28-15-17(29-18(26)27)30-16(23-15)12-5-6-13(25-24-12)22-10-19(7-3-8-19)14-11(20)4-2-9-21-14/h2,4-6,9H,3,7-8,10H2,1H3,(H,22,25)(H,26,27). The van der Waals surface area contributed by atoms with Crippen LogP contribution in [0.4, 0.5) is 15.0 Å². The summed E-state index contributed by atoms with van der Waals surface area (Å²) in [4.78, 5) is 19.2. The van der Waals surface area contributed by atoms with Crippen LogP contribution in [0.1, 0.15) is 25.0 Å². The lowest BCUT2D eigenvalue weighted by molar-refractivity contribution is 0.144. The van der Waals surface area contributed by atoms with Crippen LogP contribution in [0.3, 0.4) is 0 Å². The molecule has 0 amide bonds. The van der Waals surface area contributed by atoms with Gasteiger partial charge in [-0.1, -0.05) is 17.8 Å². The molecule has 4 rings (SSSR count). The zero-order valence-electron chi connectivity index (χ0n) is 16.0. The van der Waals surface area contributed by atoms with Crippen molar-refractivity contribution in [2.45, 2.75) is 24.7 Å². The summed E-state index contributed by atoms with van der Waals surface area (Å²) in [5, 5.41) is 20.7. The summed E-state index contributed by atoms with van der Waals surface area (Å²) in [7, 11) is 1.37. The van der Waals surface area contributed by atoms with Crippen LogP contribution in [0, 0.1) is 5.82 Å². The molecule has 11 heteroatoms. The van der Waals surface area contributed by atoms with Gasteiger partial charge in [-0.3, -0.25) is 4.98 Å². The molecule has 3 heterocycles. The number of ether oxygens (including phenoxy) is 2. The van der Waals surface area contributed by atoms with Crippen molar-refractivity contribution >= 4 is 23.3 Å². The number of methoxy groups -OCH3 is 1. The van der Waals surface area contributed by atoms with Gasteiger partial charge in [0.2, 0.25) is 0 Å². The molecule has 0 saturated heterocycles. The molecule has 0 bridgehead atoms. The Bertz CT molecular complexity index is 1060. The van der Waals surface area contributed by atoms with Gasteiger partial charge in [-0.15, -0.1) is 10.2 Å². The highest BCUT2D eigenvalue weighted by Crippen LogP contribution is 2.44. The molecule has 1 saturated carbocycles. The smallest absolute Gasteiger partial charge is 0.478 e. The van der Waals surface area contributed by atoms with E-state index in [2.05, 4.69) is 30.2 Å². The van der Waals surface area contributed by atoms with Gasteiger partial charge >= 0.3 is 6.16 Å². The van der Waals surface area contributed by atoms with E-state index in [0.29, 0.717) is 28.8 Å². The van der Waals surface area contributed by atoms with Crippen molar-refractivity contribution in [1.29, 1.82) is 0 Å². The van der Waals surface area contributed by atoms with Crippen LogP contribution < -0.4 is 14.8 Å². The van der Waals surface area contributed by atoms with E-state index in [0.717, 1.165) is 30.6 Å². The molecular formula is C19H18FN5O4S. The highest BCUT2D eigenvalue weighted by Gasteiger charge is 2.41. The maximum absolute atomic E-state index is 14.2. The Morgan fingerprint density at radius 3 is 2.77 bits per heavy atom. The fraction of sp³-hybridized carbons (Fsp3) is 0.316. The lowest BCUT2D eigenvalue weighted by atomic mass is 9.66. The molecule has 0 aliphatic heterocycles. The van der Waals surface area contributed by atoms with Crippen LogP contribution in [-0.4, -0.2) is 45.1 Å². The minimum absolute atomic E-state index is 0.0216. The van der Waals surface area contributed by atoms with Crippen molar-refractivity contribution in [1.82, 2.24) is 20.2 Å². The van der Waals surface area contributed by atoms with Crippen molar-refractivity contribution in [3.63, 3.8) is 0 Å². The average Bonchev–Trinajstić information content (AvgIpc) is 3.11. The minimum atomic E-state index is -1.46. The van der Waals surface area contributed by atoms with Gasteiger partial charge in [-0.2, -0.15) is 4.98 Å². The Balaban J connectivity index is 1.47. The number of nitrogens with zero attached hydrogens (tertiary/aromatic N) is 4. The zero-order chi connectivity index (χ0) is 21.1. The summed E-state index contributed by atoms with van der Waals surface area (Å²) < 4.78 is 23.9. The number of halogens is 1. The van der Waals surface area contributed by atoms with Gasteiger partial charge in [-0.25, -0.2) is 9.18 Å². The van der Waals surface area contributed by atoms with Crippen LogP contribution in [0.5, 0.6) is 10.9 Å². The molecule has 2 N–H and O–H groups in total. The second kappa shape index (κ2) is 8.19. The number of hydrogen-bond acceptors (Lipinski definition) is 9. The van der Waals surface area contributed by atoms with E-state index in [-0.39, 0.29) is 22.2 Å². The van der Waals surface area contributed by atoms with Crippen LogP contribution in [0.25, 0.3) is 10.7 Å². The molecule has 30 heavy (non-hydrogen) atoms. The molecule has 1 aliphatic rings. The third-order valence-corrected chi connectivity index (χ3v) is 5.94.